The Labute approximate surface area is 102 Å². The normalized spacial score (nSPS) is 9.76. The summed E-state index contributed by atoms with van der Waals surface area (Å²) in [6, 6.07) is 7.65. The van der Waals surface area contributed by atoms with Crippen molar-refractivity contribution in [2.24, 2.45) is 0 Å². The lowest BCUT2D eigenvalue weighted by Gasteiger charge is -2.07. The quantitative estimate of drug-likeness (QED) is 0.740. The van der Waals surface area contributed by atoms with Gasteiger partial charge in [-0.15, -0.1) is 0 Å². The van der Waals surface area contributed by atoms with Crippen LogP contribution in [0.5, 0.6) is 5.75 Å². The average molecular weight is 237 g/mol. The summed E-state index contributed by atoms with van der Waals surface area (Å²) in [5, 5.41) is 3.15. The minimum Gasteiger partial charge on any atom is -0.494 e. The van der Waals surface area contributed by atoms with Gasteiger partial charge < -0.3 is 14.8 Å². The molecule has 0 aliphatic heterocycles. The molecule has 0 saturated heterocycles. The maximum Gasteiger partial charge on any atom is 0.307 e. The Morgan fingerprint density at radius 3 is 2.47 bits per heavy atom. The van der Waals surface area contributed by atoms with Crippen LogP contribution >= 0.6 is 0 Å². The molecule has 0 spiro atoms. The lowest BCUT2D eigenvalue weighted by molar-refractivity contribution is -0.142. The smallest absolute Gasteiger partial charge is 0.307 e. The monoisotopic (exact) mass is 237 g/mol. The van der Waals surface area contributed by atoms with Gasteiger partial charge in [-0.3, -0.25) is 4.79 Å². The van der Waals surface area contributed by atoms with Crippen LogP contribution in [0.2, 0.25) is 0 Å². The van der Waals surface area contributed by atoms with E-state index in [9.17, 15) is 4.79 Å². The van der Waals surface area contributed by atoms with Crippen LogP contribution in [0.25, 0.3) is 0 Å². The summed E-state index contributed by atoms with van der Waals surface area (Å²) in [7, 11) is 0. The second-order valence-corrected chi connectivity index (χ2v) is 3.44. The lowest BCUT2D eigenvalue weighted by atomic mass is 10.3. The number of rotatable bonds is 7. The zero-order valence-corrected chi connectivity index (χ0v) is 10.4. The van der Waals surface area contributed by atoms with Gasteiger partial charge >= 0.3 is 5.97 Å². The zero-order valence-electron chi connectivity index (χ0n) is 10.4. The lowest BCUT2D eigenvalue weighted by Crippen LogP contribution is -2.11. The van der Waals surface area contributed by atoms with Crippen molar-refractivity contribution in [3.63, 3.8) is 0 Å². The summed E-state index contributed by atoms with van der Waals surface area (Å²) < 4.78 is 10.2. The van der Waals surface area contributed by atoms with Gasteiger partial charge in [-0.05, 0) is 38.1 Å². The van der Waals surface area contributed by atoms with E-state index in [0.29, 0.717) is 26.2 Å². The summed E-state index contributed by atoms with van der Waals surface area (Å²) in [4.78, 5) is 11.1. The highest BCUT2D eigenvalue weighted by molar-refractivity contribution is 5.70. The van der Waals surface area contributed by atoms with Gasteiger partial charge in [0.05, 0.1) is 19.6 Å². The Hall–Kier alpha value is -1.71. The number of anilines is 1. The van der Waals surface area contributed by atoms with E-state index in [1.807, 2.05) is 31.2 Å². The number of carbonyl (C=O) groups excluding carboxylic acids is 1. The Morgan fingerprint density at radius 2 is 1.88 bits per heavy atom. The molecule has 0 aromatic heterocycles. The molecule has 0 saturated carbocycles. The van der Waals surface area contributed by atoms with Crippen LogP contribution in [0.1, 0.15) is 20.3 Å². The van der Waals surface area contributed by atoms with Gasteiger partial charge in [0.2, 0.25) is 0 Å². The summed E-state index contributed by atoms with van der Waals surface area (Å²) in [5.74, 6) is 0.675. The predicted molar refractivity (Wildman–Crippen MR) is 67.4 cm³/mol. The fraction of sp³-hybridized carbons (Fsp3) is 0.462. The molecule has 1 N–H and O–H groups in total. The molecule has 1 rings (SSSR count). The molecule has 0 unspecified atom stereocenters. The second-order valence-electron chi connectivity index (χ2n) is 3.44. The standard InChI is InChI=1S/C13H19NO3/c1-3-16-12-7-5-11(6-8-12)14-10-9-13(15)17-4-2/h5-8,14H,3-4,9-10H2,1-2H3. The molecule has 17 heavy (non-hydrogen) atoms. The molecule has 94 valence electrons. The summed E-state index contributed by atoms with van der Waals surface area (Å²) in [6.07, 6.45) is 0.376. The van der Waals surface area contributed by atoms with Crippen molar-refractivity contribution in [3.05, 3.63) is 24.3 Å². The molecule has 4 nitrogen and oxygen atoms in total. The van der Waals surface area contributed by atoms with Gasteiger partial charge in [-0.25, -0.2) is 0 Å². The van der Waals surface area contributed by atoms with E-state index in [1.165, 1.54) is 0 Å². The number of benzene rings is 1. The third-order valence-corrected chi connectivity index (χ3v) is 2.13. The Balaban J connectivity index is 2.29. The highest BCUT2D eigenvalue weighted by Crippen LogP contribution is 2.15. The molecular formula is C13H19NO3. The molecule has 0 aliphatic rings. The number of hydrogen-bond donors (Lipinski definition) is 1. The predicted octanol–water partition coefficient (Wildman–Crippen LogP) is 2.45. The highest BCUT2D eigenvalue weighted by atomic mass is 16.5. The Kier molecular flexibility index (Phi) is 5.93. The van der Waals surface area contributed by atoms with Crippen molar-refractivity contribution in [1.29, 1.82) is 0 Å². The fourth-order valence-electron chi connectivity index (χ4n) is 1.38. The van der Waals surface area contributed by atoms with E-state index in [-0.39, 0.29) is 5.97 Å². The largest absolute Gasteiger partial charge is 0.494 e. The van der Waals surface area contributed by atoms with Crippen molar-refractivity contribution in [2.45, 2.75) is 20.3 Å². The van der Waals surface area contributed by atoms with Gasteiger partial charge in [0.1, 0.15) is 5.75 Å². The minimum atomic E-state index is -0.175. The molecule has 0 aliphatic carbocycles. The van der Waals surface area contributed by atoms with Gasteiger partial charge in [0, 0.05) is 12.2 Å². The van der Waals surface area contributed by atoms with Crippen LogP contribution < -0.4 is 10.1 Å². The first-order valence-electron chi connectivity index (χ1n) is 5.88. The topological polar surface area (TPSA) is 47.6 Å². The number of ether oxygens (including phenoxy) is 2. The van der Waals surface area contributed by atoms with E-state index in [1.54, 1.807) is 6.92 Å². The minimum absolute atomic E-state index is 0.175. The third-order valence-electron chi connectivity index (χ3n) is 2.13. The molecule has 0 atom stereocenters. The number of nitrogens with one attached hydrogen (secondary N) is 1. The van der Waals surface area contributed by atoms with E-state index >= 15 is 0 Å². The van der Waals surface area contributed by atoms with E-state index in [4.69, 9.17) is 9.47 Å². The molecule has 0 bridgehead atoms. The number of esters is 1. The second kappa shape index (κ2) is 7.54. The summed E-state index contributed by atoms with van der Waals surface area (Å²) >= 11 is 0. The first-order valence-corrected chi connectivity index (χ1v) is 5.88. The van der Waals surface area contributed by atoms with Crippen LogP contribution in [-0.4, -0.2) is 25.7 Å². The first kappa shape index (κ1) is 13.4. The maximum absolute atomic E-state index is 11.1. The van der Waals surface area contributed by atoms with Gasteiger partial charge in [0.25, 0.3) is 0 Å². The Morgan fingerprint density at radius 1 is 1.18 bits per heavy atom. The van der Waals surface area contributed by atoms with E-state index in [0.717, 1.165) is 11.4 Å². The average Bonchev–Trinajstić information content (AvgIpc) is 2.32. The van der Waals surface area contributed by atoms with Gasteiger partial charge in [-0.1, -0.05) is 0 Å². The molecule has 0 radical (unpaired) electrons. The molecule has 0 amide bonds. The zero-order chi connectivity index (χ0) is 12.5. The van der Waals surface area contributed by atoms with Crippen molar-refractivity contribution < 1.29 is 14.3 Å². The van der Waals surface area contributed by atoms with Crippen LogP contribution in [0.15, 0.2) is 24.3 Å². The van der Waals surface area contributed by atoms with Gasteiger partial charge in [0.15, 0.2) is 0 Å². The number of carbonyl (C=O) groups is 1. The molecule has 0 fully saturated rings. The molecule has 1 aromatic rings. The SMILES string of the molecule is CCOC(=O)CCNc1ccc(OCC)cc1. The third kappa shape index (κ3) is 5.24. The van der Waals surface area contributed by atoms with E-state index < -0.39 is 0 Å². The van der Waals surface area contributed by atoms with Crippen LogP contribution in [0, 0.1) is 0 Å². The molecule has 1 aromatic carbocycles. The summed E-state index contributed by atoms with van der Waals surface area (Å²) in [6.45, 7) is 5.42. The maximum atomic E-state index is 11.1. The van der Waals surface area contributed by atoms with Crippen LogP contribution in [0.4, 0.5) is 5.69 Å². The molecular weight excluding hydrogens is 218 g/mol. The fourth-order valence-corrected chi connectivity index (χ4v) is 1.38. The Bertz CT molecular complexity index is 335. The molecule has 0 heterocycles. The van der Waals surface area contributed by atoms with Crippen molar-refractivity contribution in [3.8, 4) is 5.75 Å². The highest BCUT2D eigenvalue weighted by Gasteiger charge is 2.00. The van der Waals surface area contributed by atoms with Crippen molar-refractivity contribution in [1.82, 2.24) is 0 Å². The number of hydrogen-bond acceptors (Lipinski definition) is 4. The van der Waals surface area contributed by atoms with Crippen LogP contribution in [-0.2, 0) is 9.53 Å². The van der Waals surface area contributed by atoms with Crippen LogP contribution in [0.3, 0.4) is 0 Å². The van der Waals surface area contributed by atoms with Gasteiger partial charge in [-0.2, -0.15) is 0 Å². The van der Waals surface area contributed by atoms with Crippen molar-refractivity contribution >= 4 is 11.7 Å². The van der Waals surface area contributed by atoms with Crippen molar-refractivity contribution in [2.75, 3.05) is 25.1 Å². The first-order chi connectivity index (χ1) is 8.26. The van der Waals surface area contributed by atoms with E-state index in [2.05, 4.69) is 5.32 Å². The molecule has 4 heteroatoms. The summed E-state index contributed by atoms with van der Waals surface area (Å²) in [5.41, 5.74) is 0.970.